The van der Waals surface area contributed by atoms with Gasteiger partial charge in [0.25, 0.3) is 5.91 Å². The Balaban J connectivity index is 2.14. The maximum absolute atomic E-state index is 12.8. The lowest BCUT2D eigenvalue weighted by molar-refractivity contribution is -0.124. The number of carbonyl (C=O) groups excluding carboxylic acids is 2. The maximum Gasteiger partial charge on any atom is 0.251 e. The van der Waals surface area contributed by atoms with Crippen molar-refractivity contribution in [3.63, 3.8) is 0 Å². The largest absolute Gasteiger partial charge is 0.359 e. The maximum atomic E-state index is 12.8. The molecule has 0 saturated carbocycles. The van der Waals surface area contributed by atoms with Gasteiger partial charge in [-0.05, 0) is 31.0 Å². The first-order chi connectivity index (χ1) is 14.6. The first-order valence-electron chi connectivity index (χ1n) is 10.2. The van der Waals surface area contributed by atoms with Crippen LogP contribution in [-0.2, 0) is 21.4 Å². The number of carbonyl (C=O) groups is 2. The molecule has 0 aliphatic heterocycles. The lowest BCUT2D eigenvalue weighted by Crippen LogP contribution is -2.49. The second-order valence-electron chi connectivity index (χ2n) is 7.46. The summed E-state index contributed by atoms with van der Waals surface area (Å²) in [7, 11) is -3.70. The van der Waals surface area contributed by atoms with E-state index >= 15 is 0 Å². The average molecular weight is 451 g/mol. The van der Waals surface area contributed by atoms with Gasteiger partial charge in [0.15, 0.2) is 5.76 Å². The predicted octanol–water partition coefficient (Wildman–Crippen LogP) is 2.08. The number of sulfonamides is 1. The van der Waals surface area contributed by atoms with Gasteiger partial charge in [-0.2, -0.15) is 4.31 Å². The van der Waals surface area contributed by atoms with E-state index in [1.54, 1.807) is 26.8 Å². The second kappa shape index (κ2) is 10.5. The first-order valence-corrected chi connectivity index (χ1v) is 11.6. The molecule has 9 nitrogen and oxygen atoms in total. The van der Waals surface area contributed by atoms with Gasteiger partial charge in [-0.3, -0.25) is 9.59 Å². The van der Waals surface area contributed by atoms with E-state index in [1.165, 1.54) is 28.6 Å². The summed E-state index contributed by atoms with van der Waals surface area (Å²) in [5.74, 6) is -0.581. The number of benzene rings is 1. The average Bonchev–Trinajstić information content (AvgIpc) is 3.15. The fourth-order valence-electron chi connectivity index (χ4n) is 3.05. The Labute approximate surface area is 183 Å². The highest BCUT2D eigenvalue weighted by Gasteiger charge is 2.26. The molecule has 0 bridgehead atoms. The minimum absolute atomic E-state index is 0.0371. The zero-order valence-electron chi connectivity index (χ0n) is 18.5. The molecule has 1 unspecified atom stereocenters. The van der Waals surface area contributed by atoms with E-state index in [0.717, 1.165) is 0 Å². The summed E-state index contributed by atoms with van der Waals surface area (Å²) in [4.78, 5) is 25.5. The normalized spacial score (nSPS) is 12.7. The van der Waals surface area contributed by atoms with Crippen LogP contribution in [0.15, 0.2) is 39.8 Å². The van der Waals surface area contributed by atoms with Gasteiger partial charge in [0.1, 0.15) is 6.04 Å². The Hall–Kier alpha value is -2.72. The third-order valence-corrected chi connectivity index (χ3v) is 6.83. The van der Waals surface area contributed by atoms with E-state index in [9.17, 15) is 18.0 Å². The molecule has 1 heterocycles. The molecule has 2 aromatic rings. The number of aromatic nitrogens is 1. The van der Waals surface area contributed by atoms with Gasteiger partial charge in [-0.1, -0.05) is 38.9 Å². The molecule has 2 N–H and O–H groups in total. The van der Waals surface area contributed by atoms with Crippen LogP contribution in [0.1, 0.15) is 49.5 Å². The van der Waals surface area contributed by atoms with Crippen LogP contribution < -0.4 is 10.6 Å². The van der Waals surface area contributed by atoms with Gasteiger partial charge in [0.2, 0.25) is 15.9 Å². The fourth-order valence-corrected chi connectivity index (χ4v) is 4.56. The van der Waals surface area contributed by atoms with Crippen LogP contribution in [0.25, 0.3) is 0 Å². The highest BCUT2D eigenvalue weighted by atomic mass is 32.2. The molecule has 1 aromatic heterocycles. The van der Waals surface area contributed by atoms with Crippen LogP contribution in [0.3, 0.4) is 0 Å². The Morgan fingerprint density at radius 2 is 1.84 bits per heavy atom. The second-order valence-corrected chi connectivity index (χ2v) is 9.40. The lowest BCUT2D eigenvalue weighted by atomic mass is 10.0. The molecule has 170 valence electrons. The van der Waals surface area contributed by atoms with Crippen molar-refractivity contribution in [1.29, 1.82) is 0 Å². The van der Waals surface area contributed by atoms with E-state index in [2.05, 4.69) is 15.8 Å². The number of hydrogen-bond acceptors (Lipinski definition) is 6. The molecule has 0 saturated heterocycles. The van der Waals surface area contributed by atoms with Gasteiger partial charge in [0, 0.05) is 24.7 Å². The topological polar surface area (TPSA) is 122 Å². The van der Waals surface area contributed by atoms with Crippen molar-refractivity contribution in [2.75, 3.05) is 13.1 Å². The molecule has 31 heavy (non-hydrogen) atoms. The van der Waals surface area contributed by atoms with E-state index in [0.29, 0.717) is 24.5 Å². The van der Waals surface area contributed by atoms with Crippen LogP contribution in [0.2, 0.25) is 0 Å². The Morgan fingerprint density at radius 3 is 2.39 bits per heavy atom. The van der Waals surface area contributed by atoms with E-state index in [-0.39, 0.29) is 28.8 Å². The highest BCUT2D eigenvalue weighted by Crippen LogP contribution is 2.17. The third-order valence-electron chi connectivity index (χ3n) is 4.79. The van der Waals surface area contributed by atoms with Gasteiger partial charge in [0.05, 0.1) is 17.1 Å². The summed E-state index contributed by atoms with van der Waals surface area (Å²) in [5.41, 5.74) is 0.870. The molecular weight excluding hydrogens is 420 g/mol. The first kappa shape index (κ1) is 24.5. The van der Waals surface area contributed by atoms with Crippen LogP contribution in [0.5, 0.6) is 0 Å². The lowest BCUT2D eigenvalue weighted by Gasteiger charge is -2.22. The summed E-state index contributed by atoms with van der Waals surface area (Å²) in [6.07, 6.45) is 0. The van der Waals surface area contributed by atoms with Crippen LogP contribution in [0.4, 0.5) is 0 Å². The van der Waals surface area contributed by atoms with Gasteiger partial charge in [-0.15, -0.1) is 0 Å². The zero-order chi connectivity index (χ0) is 23.2. The quantitative estimate of drug-likeness (QED) is 0.572. The molecule has 0 radical (unpaired) electrons. The molecule has 1 atom stereocenters. The van der Waals surface area contributed by atoms with Crippen molar-refractivity contribution < 1.29 is 22.5 Å². The minimum Gasteiger partial charge on any atom is -0.359 e. The van der Waals surface area contributed by atoms with Gasteiger partial charge < -0.3 is 15.2 Å². The number of amides is 2. The van der Waals surface area contributed by atoms with E-state index in [1.807, 2.05) is 13.8 Å². The molecule has 0 fully saturated rings. The van der Waals surface area contributed by atoms with Gasteiger partial charge in [-0.25, -0.2) is 8.42 Å². The Kier molecular flexibility index (Phi) is 8.35. The highest BCUT2D eigenvalue weighted by molar-refractivity contribution is 7.89. The Morgan fingerprint density at radius 1 is 1.16 bits per heavy atom. The van der Waals surface area contributed by atoms with Crippen LogP contribution >= 0.6 is 0 Å². The predicted molar refractivity (Wildman–Crippen MR) is 116 cm³/mol. The van der Waals surface area contributed by atoms with Crippen molar-refractivity contribution in [3.8, 4) is 0 Å². The zero-order valence-corrected chi connectivity index (χ0v) is 19.3. The molecular formula is C21H30N4O5S. The van der Waals surface area contributed by atoms with Crippen molar-refractivity contribution in [2.45, 2.75) is 52.1 Å². The SMILES string of the molecule is CCN(CC)S(=O)(=O)c1cccc(C(=O)NC(C(=O)NCc2cc(C)no2)C(C)C)c1. The van der Waals surface area contributed by atoms with Gasteiger partial charge >= 0.3 is 0 Å². The summed E-state index contributed by atoms with van der Waals surface area (Å²) < 4.78 is 31.9. The molecule has 0 spiro atoms. The van der Waals surface area contributed by atoms with Crippen LogP contribution in [0, 0.1) is 12.8 Å². The number of nitrogens with zero attached hydrogens (tertiary/aromatic N) is 2. The summed E-state index contributed by atoms with van der Waals surface area (Å²) in [5, 5.41) is 9.20. The number of rotatable bonds is 10. The third kappa shape index (κ3) is 6.14. The molecule has 2 amide bonds. The fraction of sp³-hybridized carbons (Fsp3) is 0.476. The molecule has 0 aliphatic rings. The van der Waals surface area contributed by atoms with Crippen molar-refractivity contribution in [3.05, 3.63) is 47.3 Å². The number of nitrogens with one attached hydrogen (secondary N) is 2. The Bertz CT molecular complexity index is 1010. The monoisotopic (exact) mass is 450 g/mol. The van der Waals surface area contributed by atoms with E-state index < -0.39 is 22.0 Å². The van der Waals surface area contributed by atoms with Crippen LogP contribution in [-0.4, -0.2) is 48.8 Å². The minimum atomic E-state index is -3.70. The molecule has 1 aromatic carbocycles. The summed E-state index contributed by atoms with van der Waals surface area (Å²) >= 11 is 0. The number of aryl methyl sites for hydroxylation is 1. The van der Waals surface area contributed by atoms with Crippen molar-refractivity contribution >= 4 is 21.8 Å². The summed E-state index contributed by atoms with van der Waals surface area (Å²) in [6.45, 7) is 9.71. The number of hydrogen-bond donors (Lipinski definition) is 2. The smallest absolute Gasteiger partial charge is 0.251 e. The standard InChI is InChI=1S/C21H30N4O5S/c1-6-25(7-2)31(28,29)18-10-8-9-16(12-18)20(26)23-19(14(3)4)21(27)22-13-17-11-15(5)24-30-17/h8-12,14,19H,6-7,13H2,1-5H3,(H,22,27)(H,23,26). The van der Waals surface area contributed by atoms with Crippen molar-refractivity contribution in [2.24, 2.45) is 5.92 Å². The van der Waals surface area contributed by atoms with Crippen molar-refractivity contribution in [1.82, 2.24) is 20.1 Å². The molecule has 10 heteroatoms. The van der Waals surface area contributed by atoms with E-state index in [4.69, 9.17) is 4.52 Å². The molecule has 0 aliphatic carbocycles. The molecule has 2 rings (SSSR count). The summed E-state index contributed by atoms with van der Waals surface area (Å²) in [6, 6.07) is 6.72.